The normalized spacial score (nSPS) is 15.9. The van der Waals surface area contributed by atoms with Gasteiger partial charge in [-0.25, -0.2) is 4.98 Å². The highest BCUT2D eigenvalue weighted by Gasteiger charge is 2.22. The molecular formula is C20H30N6O2S. The molecule has 29 heavy (non-hydrogen) atoms. The summed E-state index contributed by atoms with van der Waals surface area (Å²) in [7, 11) is 3.47. The van der Waals surface area contributed by atoms with E-state index in [1.807, 2.05) is 38.2 Å². The molecule has 0 radical (unpaired) electrons. The Bertz CT molecular complexity index is 804. The SMILES string of the molecule is CCc1nsc(N2CCN(C(=NC)NCC(C)Oc3cccc(OC)c3)CC2)n1. The number of ether oxygens (including phenoxy) is 2. The summed E-state index contributed by atoms with van der Waals surface area (Å²) < 4.78 is 15.6. The predicted molar refractivity (Wildman–Crippen MR) is 118 cm³/mol. The smallest absolute Gasteiger partial charge is 0.205 e. The summed E-state index contributed by atoms with van der Waals surface area (Å²) in [4.78, 5) is 13.6. The van der Waals surface area contributed by atoms with Crippen LogP contribution in [0.3, 0.4) is 0 Å². The maximum absolute atomic E-state index is 5.99. The standard InChI is InChI=1S/C20H30N6O2S/c1-5-18-23-20(29-24-18)26-11-9-25(10-12-26)19(21-3)22-14-15(2)28-17-8-6-7-16(13-17)27-4/h6-8,13,15H,5,9-12,14H2,1-4H3,(H,21,22). The van der Waals surface area contributed by atoms with E-state index in [1.54, 1.807) is 7.11 Å². The summed E-state index contributed by atoms with van der Waals surface area (Å²) in [6.45, 7) is 8.40. The van der Waals surface area contributed by atoms with Crippen molar-refractivity contribution in [2.24, 2.45) is 4.99 Å². The number of benzene rings is 1. The van der Waals surface area contributed by atoms with Gasteiger partial charge in [0, 0.05) is 57.2 Å². The average molecular weight is 419 g/mol. The number of nitrogens with one attached hydrogen (secondary N) is 1. The summed E-state index contributed by atoms with van der Waals surface area (Å²) in [6.07, 6.45) is 0.872. The van der Waals surface area contributed by atoms with Crippen molar-refractivity contribution in [3.63, 3.8) is 0 Å². The highest BCUT2D eigenvalue weighted by molar-refractivity contribution is 7.09. The fourth-order valence-corrected chi connectivity index (χ4v) is 3.94. The highest BCUT2D eigenvalue weighted by Crippen LogP contribution is 2.20. The third-order valence-electron chi connectivity index (χ3n) is 4.76. The highest BCUT2D eigenvalue weighted by atomic mass is 32.1. The van der Waals surface area contributed by atoms with Crippen molar-refractivity contribution in [3.05, 3.63) is 30.1 Å². The van der Waals surface area contributed by atoms with E-state index in [9.17, 15) is 0 Å². The summed E-state index contributed by atoms with van der Waals surface area (Å²) in [5.41, 5.74) is 0. The van der Waals surface area contributed by atoms with Crippen LogP contribution in [0.1, 0.15) is 19.7 Å². The lowest BCUT2D eigenvalue weighted by atomic mass is 10.3. The largest absolute Gasteiger partial charge is 0.497 e. The number of aromatic nitrogens is 2. The number of hydrogen-bond donors (Lipinski definition) is 1. The Kier molecular flexibility index (Phi) is 7.51. The summed E-state index contributed by atoms with van der Waals surface area (Å²) >= 11 is 1.49. The Labute approximate surface area is 176 Å². The van der Waals surface area contributed by atoms with Gasteiger partial charge in [0.25, 0.3) is 0 Å². The zero-order chi connectivity index (χ0) is 20.6. The van der Waals surface area contributed by atoms with Crippen LogP contribution in [0, 0.1) is 0 Å². The van der Waals surface area contributed by atoms with Crippen molar-refractivity contribution >= 4 is 22.6 Å². The van der Waals surface area contributed by atoms with E-state index in [4.69, 9.17) is 9.47 Å². The van der Waals surface area contributed by atoms with Crippen molar-refractivity contribution in [3.8, 4) is 11.5 Å². The zero-order valence-electron chi connectivity index (χ0n) is 17.6. The second-order valence-electron chi connectivity index (χ2n) is 6.86. The molecule has 0 amide bonds. The van der Waals surface area contributed by atoms with Crippen LogP contribution in [0.5, 0.6) is 11.5 Å². The molecule has 1 unspecified atom stereocenters. The molecule has 0 spiro atoms. The molecule has 1 aromatic carbocycles. The molecule has 1 fully saturated rings. The van der Waals surface area contributed by atoms with Gasteiger partial charge in [-0.05, 0) is 19.1 Å². The van der Waals surface area contributed by atoms with Gasteiger partial charge >= 0.3 is 0 Å². The fraction of sp³-hybridized carbons (Fsp3) is 0.550. The van der Waals surface area contributed by atoms with Gasteiger partial charge in [-0.3, -0.25) is 4.99 Å². The van der Waals surface area contributed by atoms with E-state index in [2.05, 4.69) is 36.4 Å². The molecule has 0 bridgehead atoms. The van der Waals surface area contributed by atoms with E-state index < -0.39 is 0 Å². The lowest BCUT2D eigenvalue weighted by Crippen LogP contribution is -2.53. The second-order valence-corrected chi connectivity index (χ2v) is 7.59. The van der Waals surface area contributed by atoms with Crippen LogP contribution in [0.2, 0.25) is 0 Å². The van der Waals surface area contributed by atoms with Crippen LogP contribution in [-0.2, 0) is 6.42 Å². The summed E-state index contributed by atoms with van der Waals surface area (Å²) in [6, 6.07) is 7.66. The number of anilines is 1. The third kappa shape index (κ3) is 5.72. The molecule has 1 aliphatic rings. The number of rotatable bonds is 7. The minimum absolute atomic E-state index is 0.00555. The van der Waals surface area contributed by atoms with Gasteiger partial charge in [-0.1, -0.05) is 13.0 Å². The van der Waals surface area contributed by atoms with Crippen molar-refractivity contribution in [1.82, 2.24) is 19.6 Å². The Morgan fingerprint density at radius 1 is 1.28 bits per heavy atom. The van der Waals surface area contributed by atoms with Gasteiger partial charge in [0.05, 0.1) is 13.7 Å². The Balaban J connectivity index is 1.46. The molecule has 1 N–H and O–H groups in total. The van der Waals surface area contributed by atoms with Gasteiger partial charge in [0.15, 0.2) is 5.96 Å². The fourth-order valence-electron chi connectivity index (χ4n) is 3.14. The maximum atomic E-state index is 5.99. The lowest BCUT2D eigenvalue weighted by Gasteiger charge is -2.36. The van der Waals surface area contributed by atoms with Crippen LogP contribution in [0.25, 0.3) is 0 Å². The average Bonchev–Trinajstić information content (AvgIpc) is 3.24. The molecule has 2 heterocycles. The van der Waals surface area contributed by atoms with Gasteiger partial charge in [0.2, 0.25) is 5.13 Å². The first-order valence-electron chi connectivity index (χ1n) is 9.96. The Hall–Kier alpha value is -2.55. The molecule has 0 aliphatic carbocycles. The number of aliphatic imine (C=N–C) groups is 1. The van der Waals surface area contributed by atoms with E-state index in [0.717, 1.165) is 61.0 Å². The molecule has 1 saturated heterocycles. The van der Waals surface area contributed by atoms with Gasteiger partial charge in [-0.2, -0.15) is 4.37 Å². The molecule has 0 saturated carbocycles. The van der Waals surface area contributed by atoms with E-state index in [-0.39, 0.29) is 6.10 Å². The van der Waals surface area contributed by atoms with Crippen molar-refractivity contribution in [2.75, 3.05) is 51.8 Å². The monoisotopic (exact) mass is 418 g/mol. The number of piperazine rings is 1. The molecular weight excluding hydrogens is 388 g/mol. The molecule has 158 valence electrons. The molecule has 1 atom stereocenters. The molecule has 3 rings (SSSR count). The third-order valence-corrected chi connectivity index (χ3v) is 5.58. The first-order chi connectivity index (χ1) is 14.1. The minimum atomic E-state index is -0.00555. The molecule has 8 nitrogen and oxygen atoms in total. The predicted octanol–water partition coefficient (Wildman–Crippen LogP) is 2.27. The topological polar surface area (TPSA) is 75.1 Å². The van der Waals surface area contributed by atoms with Crippen molar-refractivity contribution < 1.29 is 9.47 Å². The molecule has 1 aromatic heterocycles. The van der Waals surface area contributed by atoms with Gasteiger partial charge in [0.1, 0.15) is 23.4 Å². The van der Waals surface area contributed by atoms with Crippen LogP contribution in [-0.4, -0.2) is 73.2 Å². The molecule has 9 heteroatoms. The first-order valence-corrected chi connectivity index (χ1v) is 10.7. The molecule has 1 aliphatic heterocycles. The quantitative estimate of drug-likeness (QED) is 0.546. The van der Waals surface area contributed by atoms with Crippen LogP contribution >= 0.6 is 11.5 Å². The van der Waals surface area contributed by atoms with E-state index in [1.165, 1.54) is 11.5 Å². The number of nitrogens with zero attached hydrogens (tertiary/aromatic N) is 5. The number of guanidine groups is 1. The minimum Gasteiger partial charge on any atom is -0.497 e. The van der Waals surface area contributed by atoms with E-state index >= 15 is 0 Å². The van der Waals surface area contributed by atoms with Crippen molar-refractivity contribution in [2.45, 2.75) is 26.4 Å². The maximum Gasteiger partial charge on any atom is 0.205 e. The van der Waals surface area contributed by atoms with Crippen LogP contribution in [0.4, 0.5) is 5.13 Å². The lowest BCUT2D eigenvalue weighted by molar-refractivity contribution is 0.220. The number of methoxy groups -OCH3 is 1. The zero-order valence-corrected chi connectivity index (χ0v) is 18.4. The summed E-state index contributed by atoms with van der Waals surface area (Å²) in [5.74, 6) is 3.41. The first kappa shape index (κ1) is 21.2. The summed E-state index contributed by atoms with van der Waals surface area (Å²) in [5, 5.41) is 4.45. The van der Waals surface area contributed by atoms with E-state index in [0.29, 0.717) is 6.54 Å². The van der Waals surface area contributed by atoms with Gasteiger partial charge in [-0.15, -0.1) is 0 Å². The van der Waals surface area contributed by atoms with Crippen LogP contribution in [0.15, 0.2) is 29.3 Å². The number of hydrogen-bond acceptors (Lipinski definition) is 7. The van der Waals surface area contributed by atoms with Crippen molar-refractivity contribution in [1.29, 1.82) is 0 Å². The molecule has 2 aromatic rings. The van der Waals surface area contributed by atoms with Gasteiger partial charge < -0.3 is 24.6 Å². The Morgan fingerprint density at radius 3 is 2.69 bits per heavy atom. The Morgan fingerprint density at radius 2 is 2.03 bits per heavy atom. The second kappa shape index (κ2) is 10.3. The number of aryl methyl sites for hydroxylation is 1. The van der Waals surface area contributed by atoms with Crippen LogP contribution < -0.4 is 19.7 Å².